The zero-order valence-corrected chi connectivity index (χ0v) is 8.81. The first kappa shape index (κ1) is 11.2. The van der Waals surface area contributed by atoms with Crippen LogP contribution < -0.4 is 0 Å². The van der Waals surface area contributed by atoms with Crippen molar-refractivity contribution in [2.45, 2.75) is 34.6 Å². The Labute approximate surface area is 75.9 Å². The lowest BCUT2D eigenvalue weighted by Crippen LogP contribution is -1.95. The summed E-state index contributed by atoms with van der Waals surface area (Å²) in [4.78, 5) is 4.30. The summed E-state index contributed by atoms with van der Waals surface area (Å²) >= 11 is 0. The minimum absolute atomic E-state index is 0.542. The Morgan fingerprint density at radius 2 is 1.83 bits per heavy atom. The molecule has 0 aliphatic rings. The Bertz CT molecular complexity index is 219. The topological polar surface area (TPSA) is 12.4 Å². The molecule has 0 bridgehead atoms. The Morgan fingerprint density at radius 1 is 1.33 bits per heavy atom. The maximum Gasteiger partial charge on any atom is 0.0640 e. The fourth-order valence-electron chi connectivity index (χ4n) is 0.951. The van der Waals surface area contributed by atoms with Gasteiger partial charge in [0.1, 0.15) is 0 Å². The molecule has 0 N–H and O–H groups in total. The highest BCUT2D eigenvalue weighted by atomic mass is 14.7. The molecule has 0 rings (SSSR count). The molecule has 12 heavy (non-hydrogen) atoms. The van der Waals surface area contributed by atoms with Crippen LogP contribution in [0.2, 0.25) is 0 Å². The van der Waals surface area contributed by atoms with Crippen LogP contribution in [-0.4, -0.2) is 6.21 Å². The Hall–Kier alpha value is -0.850. The van der Waals surface area contributed by atoms with E-state index in [0.29, 0.717) is 5.92 Å². The molecule has 0 atom stereocenters. The Kier molecular flexibility index (Phi) is 4.57. The van der Waals surface area contributed by atoms with E-state index in [-0.39, 0.29) is 0 Å². The van der Waals surface area contributed by atoms with Crippen molar-refractivity contribution < 1.29 is 0 Å². The van der Waals surface area contributed by atoms with Crippen molar-refractivity contribution in [2.24, 2.45) is 10.9 Å². The first-order valence-electron chi connectivity index (χ1n) is 4.36. The molecule has 0 aliphatic heterocycles. The molecule has 0 radical (unpaired) electrons. The van der Waals surface area contributed by atoms with E-state index in [0.717, 1.165) is 11.3 Å². The Balaban J connectivity index is 4.93. The summed E-state index contributed by atoms with van der Waals surface area (Å²) in [5.41, 5.74) is 3.40. The van der Waals surface area contributed by atoms with Crippen LogP contribution in [0.15, 0.2) is 28.4 Å². The average Bonchev–Trinajstić information content (AvgIpc) is 1.98. The van der Waals surface area contributed by atoms with Crippen LogP contribution in [0.5, 0.6) is 0 Å². The second kappa shape index (κ2) is 4.91. The molecule has 0 heterocycles. The van der Waals surface area contributed by atoms with Crippen LogP contribution in [0.25, 0.3) is 0 Å². The van der Waals surface area contributed by atoms with Gasteiger partial charge in [-0.1, -0.05) is 20.4 Å². The maximum atomic E-state index is 4.30. The van der Waals surface area contributed by atoms with Gasteiger partial charge in [0.05, 0.1) is 5.70 Å². The summed E-state index contributed by atoms with van der Waals surface area (Å²) in [6.45, 7) is 14.3. The minimum atomic E-state index is 0.542. The maximum absolute atomic E-state index is 4.30. The van der Waals surface area contributed by atoms with E-state index in [1.807, 2.05) is 20.1 Å². The van der Waals surface area contributed by atoms with Crippen LogP contribution in [0, 0.1) is 5.92 Å². The van der Waals surface area contributed by atoms with Gasteiger partial charge in [0, 0.05) is 6.21 Å². The highest BCUT2D eigenvalue weighted by molar-refractivity contribution is 5.57. The van der Waals surface area contributed by atoms with Crippen molar-refractivity contribution in [3.8, 4) is 0 Å². The number of aliphatic imine (C=N–C) groups is 1. The molecule has 0 fully saturated rings. The van der Waals surface area contributed by atoms with E-state index >= 15 is 0 Å². The number of nitrogens with zero attached hydrogens (tertiary/aromatic N) is 1. The van der Waals surface area contributed by atoms with Gasteiger partial charge in [-0.3, -0.25) is 4.99 Å². The monoisotopic (exact) mass is 165 g/mol. The number of hydrogen-bond acceptors (Lipinski definition) is 1. The van der Waals surface area contributed by atoms with Gasteiger partial charge in [-0.2, -0.15) is 0 Å². The smallest absolute Gasteiger partial charge is 0.0640 e. The van der Waals surface area contributed by atoms with Gasteiger partial charge in [-0.25, -0.2) is 0 Å². The number of rotatable bonds is 3. The van der Waals surface area contributed by atoms with Gasteiger partial charge < -0.3 is 0 Å². The number of allylic oxidation sites excluding steroid dienone is 2. The Morgan fingerprint density at radius 3 is 2.08 bits per heavy atom. The third-order valence-electron chi connectivity index (χ3n) is 1.90. The van der Waals surface area contributed by atoms with E-state index in [9.17, 15) is 0 Å². The van der Waals surface area contributed by atoms with Gasteiger partial charge in [0.25, 0.3) is 0 Å². The van der Waals surface area contributed by atoms with Crippen molar-refractivity contribution in [1.82, 2.24) is 0 Å². The van der Waals surface area contributed by atoms with Gasteiger partial charge in [0.2, 0.25) is 0 Å². The average molecular weight is 165 g/mol. The molecular weight excluding hydrogens is 146 g/mol. The molecular formula is C11H19N. The van der Waals surface area contributed by atoms with Crippen molar-refractivity contribution in [2.75, 3.05) is 0 Å². The molecule has 0 saturated carbocycles. The van der Waals surface area contributed by atoms with E-state index in [4.69, 9.17) is 0 Å². The predicted octanol–water partition coefficient (Wildman–Crippen LogP) is 3.58. The van der Waals surface area contributed by atoms with E-state index in [2.05, 4.69) is 32.3 Å². The van der Waals surface area contributed by atoms with Gasteiger partial charge in [-0.15, -0.1) is 0 Å². The number of hydrogen-bond donors (Lipinski definition) is 0. The first-order valence-corrected chi connectivity index (χ1v) is 4.36. The SMILES string of the molecule is C=C(C)C(/N=C\C)=C(/C)C(C)C. The zero-order valence-electron chi connectivity index (χ0n) is 8.81. The summed E-state index contributed by atoms with van der Waals surface area (Å²) < 4.78 is 0. The second-order valence-electron chi connectivity index (χ2n) is 3.35. The molecule has 0 aliphatic carbocycles. The van der Waals surface area contributed by atoms with E-state index in [1.165, 1.54) is 5.57 Å². The highest BCUT2D eigenvalue weighted by Crippen LogP contribution is 2.20. The summed E-state index contributed by atoms with van der Waals surface area (Å²) in [6, 6.07) is 0. The third kappa shape index (κ3) is 3.04. The largest absolute Gasteiger partial charge is 0.261 e. The fourth-order valence-corrected chi connectivity index (χ4v) is 0.951. The van der Waals surface area contributed by atoms with Crippen molar-refractivity contribution in [3.05, 3.63) is 23.4 Å². The van der Waals surface area contributed by atoms with Crippen LogP contribution >= 0.6 is 0 Å². The molecule has 68 valence electrons. The minimum Gasteiger partial charge on any atom is -0.261 e. The molecule has 1 heteroatoms. The molecule has 0 aromatic carbocycles. The van der Waals surface area contributed by atoms with Crippen LogP contribution in [-0.2, 0) is 0 Å². The van der Waals surface area contributed by atoms with Gasteiger partial charge >= 0.3 is 0 Å². The predicted molar refractivity (Wildman–Crippen MR) is 56.5 cm³/mol. The standard InChI is InChI=1S/C11H19N/c1-7-12-11(9(4)5)10(6)8(2)3/h7-8H,4H2,1-3,5-6H3/b11-10+,12-7-. The van der Waals surface area contributed by atoms with Crippen LogP contribution in [0.1, 0.15) is 34.6 Å². The highest BCUT2D eigenvalue weighted by Gasteiger charge is 2.04. The van der Waals surface area contributed by atoms with Crippen molar-refractivity contribution in [1.29, 1.82) is 0 Å². The lowest BCUT2D eigenvalue weighted by molar-refractivity contribution is 0.756. The molecule has 0 amide bonds. The van der Waals surface area contributed by atoms with Crippen LogP contribution in [0.3, 0.4) is 0 Å². The van der Waals surface area contributed by atoms with Gasteiger partial charge in [-0.05, 0) is 37.8 Å². The lowest BCUT2D eigenvalue weighted by Gasteiger charge is -2.10. The molecule has 0 aromatic rings. The van der Waals surface area contributed by atoms with Gasteiger partial charge in [0.15, 0.2) is 0 Å². The molecule has 0 aromatic heterocycles. The van der Waals surface area contributed by atoms with Crippen molar-refractivity contribution in [3.63, 3.8) is 0 Å². The summed E-state index contributed by atoms with van der Waals surface area (Å²) in [5, 5.41) is 0. The molecule has 0 unspecified atom stereocenters. The summed E-state index contributed by atoms with van der Waals surface area (Å²) in [5.74, 6) is 0.542. The van der Waals surface area contributed by atoms with Crippen LogP contribution in [0.4, 0.5) is 0 Å². The normalized spacial score (nSPS) is 13.8. The summed E-state index contributed by atoms with van der Waals surface area (Å²) in [7, 11) is 0. The quantitative estimate of drug-likeness (QED) is 0.447. The fraction of sp³-hybridized carbons (Fsp3) is 0.545. The molecule has 1 nitrogen and oxygen atoms in total. The third-order valence-corrected chi connectivity index (χ3v) is 1.90. The van der Waals surface area contributed by atoms with E-state index in [1.54, 1.807) is 0 Å². The lowest BCUT2D eigenvalue weighted by atomic mass is 10.0. The second-order valence-corrected chi connectivity index (χ2v) is 3.35. The zero-order chi connectivity index (χ0) is 9.72. The molecule has 0 saturated heterocycles. The summed E-state index contributed by atoms with van der Waals surface area (Å²) in [6.07, 6.45) is 1.82. The van der Waals surface area contributed by atoms with Crippen molar-refractivity contribution >= 4 is 6.21 Å². The first-order chi connectivity index (χ1) is 5.50. The molecule has 0 spiro atoms. The van der Waals surface area contributed by atoms with E-state index < -0.39 is 0 Å².